The van der Waals surface area contributed by atoms with Crippen molar-refractivity contribution >= 4 is 0 Å². The van der Waals surface area contributed by atoms with Gasteiger partial charge in [0.1, 0.15) is 11.5 Å². The van der Waals surface area contributed by atoms with Gasteiger partial charge in [-0.1, -0.05) is 0 Å². The minimum absolute atomic E-state index is 0.704. The lowest BCUT2D eigenvalue weighted by molar-refractivity contribution is 0.135. The van der Waals surface area contributed by atoms with E-state index in [1.165, 1.54) is 25.9 Å². The molecule has 0 radical (unpaired) electrons. The van der Waals surface area contributed by atoms with Crippen LogP contribution in [0, 0.1) is 6.92 Å². The fourth-order valence-electron chi connectivity index (χ4n) is 2.92. The molecule has 0 N–H and O–H groups in total. The molecule has 4 heteroatoms. The summed E-state index contributed by atoms with van der Waals surface area (Å²) in [6, 6.07) is 4.81. The molecule has 2 aliphatic rings. The molecule has 0 aromatic carbocycles. The van der Waals surface area contributed by atoms with E-state index in [0.717, 1.165) is 24.7 Å². The van der Waals surface area contributed by atoms with Crippen LogP contribution in [0.3, 0.4) is 0 Å². The van der Waals surface area contributed by atoms with Crippen LogP contribution in [0.5, 0.6) is 0 Å². The SMILES string of the molecule is Cc1ccc(CN2C=CN(C3CCN(C)CC3)C2)o1. The van der Waals surface area contributed by atoms with Crippen LogP contribution in [0.2, 0.25) is 0 Å². The molecule has 1 aromatic heterocycles. The Hall–Kier alpha value is -1.42. The molecule has 0 saturated carbocycles. The Labute approximate surface area is 115 Å². The molecular weight excluding hydrogens is 238 g/mol. The Morgan fingerprint density at radius 2 is 2.00 bits per heavy atom. The predicted octanol–water partition coefficient (Wildman–Crippen LogP) is 2.23. The molecule has 4 nitrogen and oxygen atoms in total. The van der Waals surface area contributed by atoms with Gasteiger partial charge in [0.2, 0.25) is 0 Å². The molecule has 2 aliphatic heterocycles. The molecular formula is C15H23N3O. The van der Waals surface area contributed by atoms with Crippen LogP contribution in [0.1, 0.15) is 24.4 Å². The fourth-order valence-corrected chi connectivity index (χ4v) is 2.92. The molecule has 19 heavy (non-hydrogen) atoms. The van der Waals surface area contributed by atoms with E-state index < -0.39 is 0 Å². The topological polar surface area (TPSA) is 22.9 Å². The monoisotopic (exact) mass is 261 g/mol. The second-order valence-corrected chi connectivity index (χ2v) is 5.75. The van der Waals surface area contributed by atoms with E-state index in [1.807, 2.05) is 13.0 Å². The van der Waals surface area contributed by atoms with Crippen molar-refractivity contribution in [2.45, 2.75) is 32.4 Å². The van der Waals surface area contributed by atoms with Gasteiger partial charge in [0, 0.05) is 18.4 Å². The van der Waals surface area contributed by atoms with E-state index in [-0.39, 0.29) is 0 Å². The molecule has 1 saturated heterocycles. The second kappa shape index (κ2) is 5.29. The third-order valence-electron chi connectivity index (χ3n) is 4.13. The summed E-state index contributed by atoms with van der Waals surface area (Å²) in [5.74, 6) is 2.04. The van der Waals surface area contributed by atoms with Crippen LogP contribution in [0.25, 0.3) is 0 Å². The molecule has 3 rings (SSSR count). The predicted molar refractivity (Wildman–Crippen MR) is 75.4 cm³/mol. The lowest BCUT2D eigenvalue weighted by atomic mass is 10.0. The molecule has 0 unspecified atom stereocenters. The quantitative estimate of drug-likeness (QED) is 0.832. The number of hydrogen-bond donors (Lipinski definition) is 0. The van der Waals surface area contributed by atoms with Gasteiger partial charge in [-0.25, -0.2) is 0 Å². The van der Waals surface area contributed by atoms with E-state index in [1.54, 1.807) is 0 Å². The first-order valence-corrected chi connectivity index (χ1v) is 7.13. The van der Waals surface area contributed by atoms with Crippen LogP contribution in [0.15, 0.2) is 28.9 Å². The molecule has 104 valence electrons. The standard InChI is InChI=1S/C15H23N3O/c1-13-3-4-15(19-13)11-17-9-10-18(12-17)14-5-7-16(2)8-6-14/h3-4,9-10,14H,5-8,11-12H2,1-2H3. The number of nitrogens with zero attached hydrogens (tertiary/aromatic N) is 3. The molecule has 0 atom stereocenters. The Morgan fingerprint density at radius 1 is 1.21 bits per heavy atom. The lowest BCUT2D eigenvalue weighted by Crippen LogP contribution is -2.42. The molecule has 3 heterocycles. The number of rotatable bonds is 3. The van der Waals surface area contributed by atoms with E-state index >= 15 is 0 Å². The van der Waals surface area contributed by atoms with Gasteiger partial charge in [0.25, 0.3) is 0 Å². The number of hydrogen-bond acceptors (Lipinski definition) is 4. The third kappa shape index (κ3) is 2.95. The lowest BCUT2D eigenvalue weighted by Gasteiger charge is -2.35. The Balaban J connectivity index is 1.52. The van der Waals surface area contributed by atoms with Gasteiger partial charge in [-0.2, -0.15) is 0 Å². The van der Waals surface area contributed by atoms with Gasteiger partial charge >= 0.3 is 0 Å². The Kier molecular flexibility index (Phi) is 3.51. The summed E-state index contributed by atoms with van der Waals surface area (Å²) in [7, 11) is 2.21. The third-order valence-corrected chi connectivity index (χ3v) is 4.13. The normalized spacial score (nSPS) is 21.6. The minimum Gasteiger partial charge on any atom is -0.464 e. The van der Waals surface area contributed by atoms with Crippen molar-refractivity contribution in [1.29, 1.82) is 0 Å². The first-order valence-electron chi connectivity index (χ1n) is 7.13. The van der Waals surface area contributed by atoms with Gasteiger partial charge in [-0.3, -0.25) is 0 Å². The highest BCUT2D eigenvalue weighted by Crippen LogP contribution is 2.21. The van der Waals surface area contributed by atoms with Crippen molar-refractivity contribution in [1.82, 2.24) is 14.7 Å². The minimum atomic E-state index is 0.704. The summed E-state index contributed by atoms with van der Waals surface area (Å²) in [5, 5.41) is 0. The highest BCUT2D eigenvalue weighted by molar-refractivity contribution is 5.07. The van der Waals surface area contributed by atoms with Crippen LogP contribution >= 0.6 is 0 Å². The van der Waals surface area contributed by atoms with Crippen molar-refractivity contribution in [2.75, 3.05) is 26.8 Å². The smallest absolute Gasteiger partial charge is 0.123 e. The van der Waals surface area contributed by atoms with Gasteiger partial charge in [0.15, 0.2) is 0 Å². The Bertz CT molecular complexity index is 446. The molecule has 0 bridgehead atoms. The van der Waals surface area contributed by atoms with Crippen LogP contribution in [-0.4, -0.2) is 47.5 Å². The van der Waals surface area contributed by atoms with Gasteiger partial charge in [0.05, 0.1) is 13.2 Å². The maximum Gasteiger partial charge on any atom is 0.123 e. The summed E-state index contributed by atoms with van der Waals surface area (Å²) >= 11 is 0. The molecule has 0 aliphatic carbocycles. The number of piperidine rings is 1. The number of likely N-dealkylation sites (tertiary alicyclic amines) is 1. The number of furan rings is 1. The molecule has 0 amide bonds. The van der Waals surface area contributed by atoms with E-state index in [4.69, 9.17) is 4.42 Å². The van der Waals surface area contributed by atoms with Crippen molar-refractivity contribution in [3.8, 4) is 0 Å². The molecule has 1 fully saturated rings. The fraction of sp³-hybridized carbons (Fsp3) is 0.600. The Morgan fingerprint density at radius 3 is 2.68 bits per heavy atom. The van der Waals surface area contributed by atoms with E-state index in [0.29, 0.717) is 6.04 Å². The van der Waals surface area contributed by atoms with E-state index in [2.05, 4.69) is 40.2 Å². The highest BCUT2D eigenvalue weighted by atomic mass is 16.3. The number of aryl methyl sites for hydroxylation is 1. The molecule has 0 spiro atoms. The van der Waals surface area contributed by atoms with Gasteiger partial charge < -0.3 is 19.1 Å². The maximum absolute atomic E-state index is 5.64. The van der Waals surface area contributed by atoms with Crippen LogP contribution < -0.4 is 0 Å². The second-order valence-electron chi connectivity index (χ2n) is 5.75. The molecule has 1 aromatic rings. The summed E-state index contributed by atoms with van der Waals surface area (Å²) in [6.45, 7) is 6.29. The van der Waals surface area contributed by atoms with Crippen molar-refractivity contribution in [3.05, 3.63) is 36.1 Å². The van der Waals surface area contributed by atoms with Crippen molar-refractivity contribution < 1.29 is 4.42 Å². The van der Waals surface area contributed by atoms with Crippen molar-refractivity contribution in [3.63, 3.8) is 0 Å². The average molecular weight is 261 g/mol. The van der Waals surface area contributed by atoms with Crippen LogP contribution in [-0.2, 0) is 6.54 Å². The zero-order chi connectivity index (χ0) is 13.2. The van der Waals surface area contributed by atoms with Gasteiger partial charge in [-0.05, 0) is 52.0 Å². The zero-order valence-corrected chi connectivity index (χ0v) is 11.9. The summed E-state index contributed by atoms with van der Waals surface area (Å²) in [6.07, 6.45) is 6.98. The average Bonchev–Trinajstić information content (AvgIpc) is 3.00. The van der Waals surface area contributed by atoms with E-state index in [9.17, 15) is 0 Å². The summed E-state index contributed by atoms with van der Waals surface area (Å²) in [4.78, 5) is 7.21. The maximum atomic E-state index is 5.64. The van der Waals surface area contributed by atoms with Crippen molar-refractivity contribution in [2.24, 2.45) is 0 Å². The largest absolute Gasteiger partial charge is 0.464 e. The summed E-state index contributed by atoms with van der Waals surface area (Å²) in [5.41, 5.74) is 0. The van der Waals surface area contributed by atoms with Gasteiger partial charge in [-0.15, -0.1) is 0 Å². The summed E-state index contributed by atoms with van der Waals surface area (Å²) < 4.78 is 5.64. The first-order chi connectivity index (χ1) is 9.20. The highest BCUT2D eigenvalue weighted by Gasteiger charge is 2.24. The van der Waals surface area contributed by atoms with Crippen LogP contribution in [0.4, 0.5) is 0 Å². The first kappa shape index (κ1) is 12.6. The zero-order valence-electron chi connectivity index (χ0n) is 11.9.